The first-order valence-electron chi connectivity index (χ1n) is 6.87. The van der Waals surface area contributed by atoms with Gasteiger partial charge >= 0.3 is 0 Å². The Morgan fingerprint density at radius 2 is 2.05 bits per heavy atom. The lowest BCUT2D eigenvalue weighted by Gasteiger charge is -2.21. The summed E-state index contributed by atoms with van der Waals surface area (Å²) in [6.45, 7) is 2.09. The number of hydrazine groups is 1. The molecular weight excluding hydrogens is 266 g/mol. The third kappa shape index (κ3) is 3.15. The van der Waals surface area contributed by atoms with E-state index in [1.54, 1.807) is 20.4 Å². The van der Waals surface area contributed by atoms with Crippen molar-refractivity contribution in [2.45, 2.75) is 19.4 Å². The summed E-state index contributed by atoms with van der Waals surface area (Å²) < 4.78 is 10.7. The summed E-state index contributed by atoms with van der Waals surface area (Å²) in [5.74, 6) is 7.28. The van der Waals surface area contributed by atoms with Crippen molar-refractivity contribution in [2.24, 2.45) is 5.84 Å². The van der Waals surface area contributed by atoms with E-state index in [1.165, 1.54) is 0 Å². The SMILES string of the molecule is CCc1cccnc1C(NN)c1cc(OC)ccc1OC. The first-order chi connectivity index (χ1) is 10.2. The number of aryl methyl sites for hydroxylation is 1. The van der Waals surface area contributed by atoms with Gasteiger partial charge in [0.15, 0.2) is 0 Å². The smallest absolute Gasteiger partial charge is 0.124 e. The van der Waals surface area contributed by atoms with Gasteiger partial charge in [-0.25, -0.2) is 5.43 Å². The van der Waals surface area contributed by atoms with Gasteiger partial charge in [-0.3, -0.25) is 10.8 Å². The Morgan fingerprint density at radius 1 is 1.24 bits per heavy atom. The second-order valence-corrected chi connectivity index (χ2v) is 4.61. The summed E-state index contributed by atoms with van der Waals surface area (Å²) in [5, 5.41) is 0. The van der Waals surface area contributed by atoms with Gasteiger partial charge in [-0.2, -0.15) is 0 Å². The number of benzene rings is 1. The maximum absolute atomic E-state index is 5.79. The van der Waals surface area contributed by atoms with Crippen molar-refractivity contribution >= 4 is 0 Å². The van der Waals surface area contributed by atoms with Crippen molar-refractivity contribution in [1.82, 2.24) is 10.4 Å². The van der Waals surface area contributed by atoms with Crippen LogP contribution in [0.1, 0.15) is 29.8 Å². The van der Waals surface area contributed by atoms with Crippen molar-refractivity contribution in [3.8, 4) is 11.5 Å². The van der Waals surface area contributed by atoms with E-state index in [0.29, 0.717) is 0 Å². The average molecular weight is 287 g/mol. The third-order valence-electron chi connectivity index (χ3n) is 3.49. The zero-order valence-corrected chi connectivity index (χ0v) is 12.6. The van der Waals surface area contributed by atoms with Gasteiger partial charge in [-0.05, 0) is 36.2 Å². The van der Waals surface area contributed by atoms with Gasteiger partial charge in [0.2, 0.25) is 0 Å². The quantitative estimate of drug-likeness (QED) is 0.630. The number of pyridine rings is 1. The summed E-state index contributed by atoms with van der Waals surface area (Å²) in [6.07, 6.45) is 2.65. The molecule has 0 amide bonds. The molecule has 1 aromatic carbocycles. The van der Waals surface area contributed by atoms with Crippen molar-refractivity contribution in [3.05, 3.63) is 53.3 Å². The molecule has 3 N–H and O–H groups in total. The summed E-state index contributed by atoms with van der Waals surface area (Å²) in [4.78, 5) is 4.49. The van der Waals surface area contributed by atoms with Crippen molar-refractivity contribution in [2.75, 3.05) is 14.2 Å². The van der Waals surface area contributed by atoms with E-state index < -0.39 is 0 Å². The molecule has 0 spiro atoms. The minimum Gasteiger partial charge on any atom is -0.497 e. The molecular formula is C16H21N3O2. The Kier molecular flexibility index (Phi) is 5.14. The molecule has 2 rings (SSSR count). The van der Waals surface area contributed by atoms with Crippen LogP contribution in [-0.2, 0) is 6.42 Å². The van der Waals surface area contributed by atoms with Gasteiger partial charge in [0, 0.05) is 11.8 Å². The molecule has 0 aliphatic heterocycles. The van der Waals surface area contributed by atoms with Crippen molar-refractivity contribution in [1.29, 1.82) is 0 Å². The highest BCUT2D eigenvalue weighted by Crippen LogP contribution is 2.33. The Labute approximate surface area is 125 Å². The standard InChI is InChI=1S/C16H21N3O2/c1-4-11-6-5-9-18-15(11)16(19-17)13-10-12(20-2)7-8-14(13)21-3/h5-10,16,19H,4,17H2,1-3H3. The van der Waals surface area contributed by atoms with Gasteiger partial charge in [-0.15, -0.1) is 0 Å². The molecule has 1 aromatic heterocycles. The van der Waals surface area contributed by atoms with Crippen LogP contribution in [0.3, 0.4) is 0 Å². The Bertz CT molecular complexity index is 602. The Hall–Kier alpha value is -2.11. The van der Waals surface area contributed by atoms with Crippen LogP contribution < -0.4 is 20.7 Å². The fourth-order valence-corrected chi connectivity index (χ4v) is 2.39. The largest absolute Gasteiger partial charge is 0.497 e. The molecule has 21 heavy (non-hydrogen) atoms. The van der Waals surface area contributed by atoms with Crippen molar-refractivity contribution in [3.63, 3.8) is 0 Å². The van der Waals surface area contributed by atoms with Crippen LogP contribution in [-0.4, -0.2) is 19.2 Å². The highest BCUT2D eigenvalue weighted by atomic mass is 16.5. The number of ether oxygens (including phenoxy) is 2. The molecule has 0 fully saturated rings. The molecule has 0 saturated heterocycles. The van der Waals surface area contributed by atoms with E-state index in [1.807, 2.05) is 24.3 Å². The molecule has 0 bridgehead atoms. The Balaban J connectivity index is 2.55. The number of aromatic nitrogens is 1. The number of nitrogens with zero attached hydrogens (tertiary/aromatic N) is 1. The maximum atomic E-state index is 5.79. The highest BCUT2D eigenvalue weighted by molar-refractivity contribution is 5.46. The van der Waals surface area contributed by atoms with Crippen LogP contribution in [0.25, 0.3) is 0 Å². The molecule has 1 atom stereocenters. The van der Waals surface area contributed by atoms with Crippen molar-refractivity contribution < 1.29 is 9.47 Å². The van der Waals surface area contributed by atoms with Crippen LogP contribution in [0.4, 0.5) is 0 Å². The average Bonchev–Trinajstić information content (AvgIpc) is 2.55. The second-order valence-electron chi connectivity index (χ2n) is 4.61. The van der Waals surface area contributed by atoms with Gasteiger partial charge in [0.25, 0.3) is 0 Å². The number of nitrogens with one attached hydrogen (secondary N) is 1. The number of nitrogens with two attached hydrogens (primary N) is 1. The summed E-state index contributed by atoms with van der Waals surface area (Å²) in [7, 11) is 3.27. The summed E-state index contributed by atoms with van der Waals surface area (Å²) in [6, 6.07) is 9.36. The number of hydrogen-bond donors (Lipinski definition) is 2. The maximum Gasteiger partial charge on any atom is 0.124 e. The molecule has 1 unspecified atom stereocenters. The molecule has 2 aromatic rings. The van der Waals surface area contributed by atoms with Gasteiger partial charge in [0.05, 0.1) is 26.0 Å². The minimum absolute atomic E-state index is 0.258. The number of methoxy groups -OCH3 is 2. The zero-order valence-electron chi connectivity index (χ0n) is 12.6. The molecule has 112 valence electrons. The third-order valence-corrected chi connectivity index (χ3v) is 3.49. The molecule has 0 radical (unpaired) electrons. The predicted octanol–water partition coefficient (Wildman–Crippen LogP) is 2.21. The molecule has 5 nitrogen and oxygen atoms in total. The van der Waals surface area contributed by atoms with Gasteiger partial charge in [0.1, 0.15) is 11.5 Å². The number of rotatable bonds is 6. The topological polar surface area (TPSA) is 69.4 Å². The molecule has 0 aliphatic rings. The zero-order chi connectivity index (χ0) is 15.2. The fourth-order valence-electron chi connectivity index (χ4n) is 2.39. The second kappa shape index (κ2) is 7.06. The highest BCUT2D eigenvalue weighted by Gasteiger charge is 2.21. The molecule has 1 heterocycles. The lowest BCUT2D eigenvalue weighted by molar-refractivity contribution is 0.393. The fraction of sp³-hybridized carbons (Fsp3) is 0.312. The molecule has 0 saturated carbocycles. The van der Waals surface area contributed by atoms with E-state index in [2.05, 4.69) is 23.4 Å². The molecule has 0 aliphatic carbocycles. The first-order valence-corrected chi connectivity index (χ1v) is 6.87. The van der Waals surface area contributed by atoms with Crippen LogP contribution >= 0.6 is 0 Å². The summed E-state index contributed by atoms with van der Waals surface area (Å²) >= 11 is 0. The predicted molar refractivity (Wildman–Crippen MR) is 82.3 cm³/mol. The normalized spacial score (nSPS) is 12.0. The minimum atomic E-state index is -0.258. The van der Waals surface area contributed by atoms with Gasteiger partial charge < -0.3 is 9.47 Å². The van der Waals surface area contributed by atoms with E-state index in [4.69, 9.17) is 15.3 Å². The van der Waals surface area contributed by atoms with Gasteiger partial charge in [-0.1, -0.05) is 13.0 Å². The Morgan fingerprint density at radius 3 is 2.67 bits per heavy atom. The lowest BCUT2D eigenvalue weighted by Crippen LogP contribution is -2.30. The molecule has 5 heteroatoms. The van der Waals surface area contributed by atoms with E-state index in [9.17, 15) is 0 Å². The lowest BCUT2D eigenvalue weighted by atomic mass is 9.97. The van der Waals surface area contributed by atoms with E-state index in [0.717, 1.165) is 34.7 Å². The van der Waals surface area contributed by atoms with E-state index >= 15 is 0 Å². The number of hydrogen-bond acceptors (Lipinski definition) is 5. The first kappa shape index (κ1) is 15.3. The van der Waals surface area contributed by atoms with Crippen LogP contribution in [0.2, 0.25) is 0 Å². The summed E-state index contributed by atoms with van der Waals surface area (Å²) in [5.41, 5.74) is 5.77. The van der Waals surface area contributed by atoms with Crippen LogP contribution in [0.15, 0.2) is 36.5 Å². The van der Waals surface area contributed by atoms with E-state index in [-0.39, 0.29) is 6.04 Å². The van der Waals surface area contributed by atoms with Crippen LogP contribution in [0, 0.1) is 0 Å². The van der Waals surface area contributed by atoms with Crippen LogP contribution in [0.5, 0.6) is 11.5 Å². The monoisotopic (exact) mass is 287 g/mol.